The maximum absolute atomic E-state index is 13.7. The SMILES string of the molecule is CCOC(=O)C1=C(C)N=c2s/c(=C\c3ccc(O)cc3)c(=O)n2[C@@H]1c1ccc(OCC(=O)OC)c(OCC)c1. The zero-order valence-corrected chi connectivity index (χ0v) is 22.7. The van der Waals surface area contributed by atoms with Gasteiger partial charge in [0.05, 0.1) is 42.2 Å². The second-order valence-electron chi connectivity index (χ2n) is 8.40. The topological polar surface area (TPSA) is 126 Å². The Kier molecular flexibility index (Phi) is 8.50. The van der Waals surface area contributed by atoms with E-state index in [0.29, 0.717) is 38.7 Å². The van der Waals surface area contributed by atoms with E-state index in [4.69, 9.17) is 14.2 Å². The molecule has 2 heterocycles. The Morgan fingerprint density at radius 1 is 1.08 bits per heavy atom. The summed E-state index contributed by atoms with van der Waals surface area (Å²) in [5, 5.41) is 9.59. The molecule has 0 spiro atoms. The van der Waals surface area contributed by atoms with Crippen LogP contribution in [0, 0.1) is 0 Å². The van der Waals surface area contributed by atoms with E-state index >= 15 is 0 Å². The van der Waals surface area contributed by atoms with Crippen molar-refractivity contribution in [2.75, 3.05) is 26.9 Å². The molecule has 204 valence electrons. The lowest BCUT2D eigenvalue weighted by Gasteiger charge is -2.25. The number of methoxy groups -OCH3 is 1. The highest BCUT2D eigenvalue weighted by Gasteiger charge is 2.34. The minimum Gasteiger partial charge on any atom is -0.508 e. The molecule has 0 aliphatic carbocycles. The predicted molar refractivity (Wildman–Crippen MR) is 144 cm³/mol. The van der Waals surface area contributed by atoms with Crippen LogP contribution in [0.4, 0.5) is 0 Å². The number of aromatic hydroxyl groups is 1. The summed E-state index contributed by atoms with van der Waals surface area (Å²) in [4.78, 5) is 43.5. The average molecular weight is 553 g/mol. The molecule has 10 nitrogen and oxygen atoms in total. The second-order valence-corrected chi connectivity index (χ2v) is 9.41. The van der Waals surface area contributed by atoms with Crippen LogP contribution >= 0.6 is 11.3 Å². The highest BCUT2D eigenvalue weighted by atomic mass is 32.1. The zero-order chi connectivity index (χ0) is 28.1. The number of allylic oxidation sites excluding steroid dienone is 1. The fourth-order valence-electron chi connectivity index (χ4n) is 4.11. The van der Waals surface area contributed by atoms with Crippen LogP contribution in [0.15, 0.2) is 63.5 Å². The second kappa shape index (κ2) is 12.0. The van der Waals surface area contributed by atoms with Crippen molar-refractivity contribution in [3.05, 3.63) is 84.5 Å². The molecule has 3 aromatic rings. The maximum Gasteiger partial charge on any atom is 0.343 e. The van der Waals surface area contributed by atoms with Crippen molar-refractivity contribution in [3.63, 3.8) is 0 Å². The normalized spacial score (nSPS) is 14.9. The fourth-order valence-corrected chi connectivity index (χ4v) is 5.15. The first-order valence-electron chi connectivity index (χ1n) is 12.2. The highest BCUT2D eigenvalue weighted by molar-refractivity contribution is 7.07. The van der Waals surface area contributed by atoms with Crippen molar-refractivity contribution >= 4 is 29.4 Å². The molecule has 1 aromatic heterocycles. The minimum atomic E-state index is -0.851. The van der Waals surface area contributed by atoms with Gasteiger partial charge in [-0.2, -0.15) is 0 Å². The molecule has 0 saturated heterocycles. The molecule has 0 saturated carbocycles. The first-order chi connectivity index (χ1) is 18.8. The molecule has 1 aliphatic rings. The molecule has 1 aliphatic heterocycles. The fraction of sp³-hybridized carbons (Fsp3) is 0.286. The van der Waals surface area contributed by atoms with Gasteiger partial charge in [0.2, 0.25) is 0 Å². The monoisotopic (exact) mass is 552 g/mol. The lowest BCUT2D eigenvalue weighted by Crippen LogP contribution is -2.40. The largest absolute Gasteiger partial charge is 0.508 e. The Hall–Kier alpha value is -4.38. The molecule has 2 aromatic carbocycles. The number of benzene rings is 2. The summed E-state index contributed by atoms with van der Waals surface area (Å²) >= 11 is 1.19. The number of thiazole rings is 1. The molecule has 1 N–H and O–H groups in total. The van der Waals surface area contributed by atoms with E-state index in [-0.39, 0.29) is 30.1 Å². The summed E-state index contributed by atoms with van der Waals surface area (Å²) in [6.45, 7) is 5.36. The third-order valence-corrected chi connectivity index (χ3v) is 6.85. The molecule has 0 bridgehead atoms. The van der Waals surface area contributed by atoms with E-state index in [0.717, 1.165) is 5.56 Å². The van der Waals surface area contributed by atoms with Crippen LogP contribution in [-0.4, -0.2) is 48.5 Å². The Morgan fingerprint density at radius 2 is 1.82 bits per heavy atom. The number of hydrogen-bond donors (Lipinski definition) is 1. The number of phenolic OH excluding ortho intramolecular Hbond substituents is 1. The van der Waals surface area contributed by atoms with Crippen LogP contribution < -0.4 is 24.4 Å². The summed E-state index contributed by atoms with van der Waals surface area (Å²) in [6, 6.07) is 10.6. The van der Waals surface area contributed by atoms with Crippen molar-refractivity contribution in [2.45, 2.75) is 26.8 Å². The third kappa shape index (κ3) is 5.88. The lowest BCUT2D eigenvalue weighted by molar-refractivity contribution is -0.143. The quantitative estimate of drug-likeness (QED) is 0.402. The van der Waals surface area contributed by atoms with E-state index in [2.05, 4.69) is 9.73 Å². The van der Waals surface area contributed by atoms with Crippen LogP contribution in [0.1, 0.15) is 37.9 Å². The predicted octanol–water partition coefficient (Wildman–Crippen LogP) is 2.45. The van der Waals surface area contributed by atoms with Crippen molar-refractivity contribution in [3.8, 4) is 17.2 Å². The molecular formula is C28H28N2O8S. The van der Waals surface area contributed by atoms with E-state index in [1.54, 1.807) is 57.2 Å². The molecule has 0 amide bonds. The van der Waals surface area contributed by atoms with Gasteiger partial charge in [0.15, 0.2) is 22.9 Å². The molecule has 0 radical (unpaired) electrons. The number of aromatic nitrogens is 1. The van der Waals surface area contributed by atoms with Crippen molar-refractivity contribution in [1.29, 1.82) is 0 Å². The minimum absolute atomic E-state index is 0.118. The number of rotatable bonds is 9. The van der Waals surface area contributed by atoms with Gasteiger partial charge < -0.3 is 24.1 Å². The van der Waals surface area contributed by atoms with E-state index < -0.39 is 18.0 Å². The van der Waals surface area contributed by atoms with E-state index in [9.17, 15) is 19.5 Å². The molecule has 11 heteroatoms. The van der Waals surface area contributed by atoms with E-state index in [1.165, 1.54) is 35.1 Å². The van der Waals surface area contributed by atoms with E-state index in [1.807, 2.05) is 0 Å². The Bertz CT molecular complexity index is 1600. The summed E-state index contributed by atoms with van der Waals surface area (Å²) in [5.74, 6) is -0.370. The zero-order valence-electron chi connectivity index (χ0n) is 21.9. The maximum atomic E-state index is 13.7. The van der Waals surface area contributed by atoms with Gasteiger partial charge in [-0.3, -0.25) is 9.36 Å². The number of nitrogens with zero attached hydrogens (tertiary/aromatic N) is 2. The number of hydrogen-bond acceptors (Lipinski definition) is 10. The summed E-state index contributed by atoms with van der Waals surface area (Å²) < 4.78 is 23.2. The highest BCUT2D eigenvalue weighted by Crippen LogP contribution is 2.36. The van der Waals surface area contributed by atoms with Crippen LogP contribution in [0.2, 0.25) is 0 Å². The van der Waals surface area contributed by atoms with Gasteiger partial charge in [-0.15, -0.1) is 0 Å². The number of ether oxygens (including phenoxy) is 4. The molecule has 4 rings (SSSR count). The van der Waals surface area contributed by atoms with Crippen molar-refractivity contribution in [1.82, 2.24) is 4.57 Å². The smallest absolute Gasteiger partial charge is 0.343 e. The third-order valence-electron chi connectivity index (χ3n) is 5.86. The standard InChI is InChI=1S/C28H28N2O8S/c1-5-36-21-14-18(9-12-20(21)38-15-23(32)35-4)25-24(27(34)37-6-2)16(3)29-28-30(25)26(33)22(39-28)13-17-7-10-19(31)11-8-17/h7-14,25,31H,5-6,15H2,1-4H3/b22-13-/t25-/m1/s1. The summed E-state index contributed by atoms with van der Waals surface area (Å²) in [6.07, 6.45) is 1.71. The van der Waals surface area contributed by atoms with Crippen molar-refractivity contribution in [2.24, 2.45) is 4.99 Å². The van der Waals surface area contributed by atoms with Gasteiger partial charge >= 0.3 is 11.9 Å². The summed E-state index contributed by atoms with van der Waals surface area (Å²) in [5.41, 5.74) is 1.61. The number of carbonyl (C=O) groups is 2. The van der Waals surface area contributed by atoms with Gasteiger partial charge in [-0.25, -0.2) is 14.6 Å². The van der Waals surface area contributed by atoms with Crippen LogP contribution in [0.3, 0.4) is 0 Å². The van der Waals surface area contributed by atoms with Gasteiger partial charge in [0.1, 0.15) is 5.75 Å². The lowest BCUT2D eigenvalue weighted by atomic mass is 9.95. The Morgan fingerprint density at radius 3 is 2.49 bits per heavy atom. The van der Waals surface area contributed by atoms with Crippen LogP contribution in [-0.2, 0) is 19.1 Å². The van der Waals surface area contributed by atoms with Gasteiger partial charge in [-0.05, 0) is 62.2 Å². The molecule has 0 unspecified atom stereocenters. The van der Waals surface area contributed by atoms with Crippen LogP contribution in [0.5, 0.6) is 17.2 Å². The Balaban J connectivity index is 1.89. The summed E-state index contributed by atoms with van der Waals surface area (Å²) in [7, 11) is 1.27. The Labute approximate surface area is 228 Å². The molecule has 39 heavy (non-hydrogen) atoms. The first kappa shape index (κ1) is 27.6. The number of phenols is 1. The average Bonchev–Trinajstić information content (AvgIpc) is 3.22. The number of carbonyl (C=O) groups excluding carboxylic acids is 2. The van der Waals surface area contributed by atoms with Gasteiger partial charge in [0.25, 0.3) is 5.56 Å². The van der Waals surface area contributed by atoms with Gasteiger partial charge in [0, 0.05) is 0 Å². The van der Waals surface area contributed by atoms with Crippen LogP contribution in [0.25, 0.3) is 6.08 Å². The molecule has 1 atom stereocenters. The number of fused-ring (bicyclic) bond motifs is 1. The molecular weight excluding hydrogens is 524 g/mol. The number of esters is 2. The van der Waals surface area contributed by atoms with Gasteiger partial charge in [-0.1, -0.05) is 29.5 Å². The first-order valence-corrected chi connectivity index (χ1v) is 13.0. The molecule has 0 fully saturated rings. The van der Waals surface area contributed by atoms with Crippen molar-refractivity contribution < 1.29 is 33.6 Å².